The fourth-order valence-electron chi connectivity index (χ4n) is 2.66. The van der Waals surface area contributed by atoms with E-state index in [1.165, 1.54) is 24.3 Å². The second-order valence-corrected chi connectivity index (χ2v) is 4.82. The van der Waals surface area contributed by atoms with Crippen LogP contribution >= 0.6 is 0 Å². The van der Waals surface area contributed by atoms with Gasteiger partial charge in [0.1, 0.15) is 11.4 Å². The summed E-state index contributed by atoms with van der Waals surface area (Å²) in [7, 11) is 0. The zero-order chi connectivity index (χ0) is 14.6. The molecule has 4 rings (SSSR count). The van der Waals surface area contributed by atoms with E-state index in [9.17, 15) is 13.6 Å². The zero-order valence-corrected chi connectivity index (χ0v) is 10.7. The van der Waals surface area contributed by atoms with Gasteiger partial charge in [0, 0.05) is 5.39 Å². The van der Waals surface area contributed by atoms with E-state index in [0.717, 1.165) is 0 Å². The SMILES string of the molecule is O=c1c2cccc(F)c2oc2ccc3cccc(F)c3c12. The Kier molecular flexibility index (Phi) is 2.36. The number of fused-ring (bicyclic) bond motifs is 4. The third kappa shape index (κ3) is 1.59. The van der Waals surface area contributed by atoms with E-state index in [1.54, 1.807) is 24.3 Å². The monoisotopic (exact) mass is 282 g/mol. The van der Waals surface area contributed by atoms with Gasteiger partial charge in [0.15, 0.2) is 11.4 Å². The molecule has 1 aromatic heterocycles. The molecule has 0 spiro atoms. The van der Waals surface area contributed by atoms with E-state index in [-0.39, 0.29) is 27.3 Å². The first-order valence-electron chi connectivity index (χ1n) is 6.39. The van der Waals surface area contributed by atoms with Crippen LogP contribution in [0.5, 0.6) is 0 Å². The average Bonchev–Trinajstić information content (AvgIpc) is 2.48. The first kappa shape index (κ1) is 12.0. The van der Waals surface area contributed by atoms with Crippen molar-refractivity contribution in [1.29, 1.82) is 0 Å². The highest BCUT2D eigenvalue weighted by atomic mass is 19.1. The van der Waals surface area contributed by atoms with Crippen LogP contribution in [0, 0.1) is 11.6 Å². The summed E-state index contributed by atoms with van der Waals surface area (Å²) in [6.07, 6.45) is 0. The largest absolute Gasteiger partial charge is 0.453 e. The molecule has 4 aromatic rings. The van der Waals surface area contributed by atoms with Gasteiger partial charge in [0.25, 0.3) is 0 Å². The van der Waals surface area contributed by atoms with E-state index in [0.29, 0.717) is 5.39 Å². The number of para-hydroxylation sites is 1. The minimum absolute atomic E-state index is 0.106. The van der Waals surface area contributed by atoms with Gasteiger partial charge in [0.2, 0.25) is 5.43 Å². The van der Waals surface area contributed by atoms with Crippen LogP contribution in [0.4, 0.5) is 8.78 Å². The summed E-state index contributed by atoms with van der Waals surface area (Å²) in [5, 5.41) is 1.06. The lowest BCUT2D eigenvalue weighted by Gasteiger charge is -2.06. The van der Waals surface area contributed by atoms with Crippen LogP contribution in [0.25, 0.3) is 32.7 Å². The van der Waals surface area contributed by atoms with Crippen molar-refractivity contribution in [1.82, 2.24) is 0 Å². The maximum absolute atomic E-state index is 14.1. The Morgan fingerprint density at radius 2 is 1.57 bits per heavy atom. The lowest BCUT2D eigenvalue weighted by molar-refractivity contribution is 0.579. The second-order valence-electron chi connectivity index (χ2n) is 4.82. The third-order valence-corrected chi connectivity index (χ3v) is 3.61. The predicted molar refractivity (Wildman–Crippen MR) is 77.4 cm³/mol. The first-order chi connectivity index (χ1) is 10.2. The molecule has 0 amide bonds. The smallest absolute Gasteiger partial charge is 0.201 e. The molecule has 0 fully saturated rings. The van der Waals surface area contributed by atoms with Crippen molar-refractivity contribution in [2.45, 2.75) is 0 Å². The summed E-state index contributed by atoms with van der Waals surface area (Å²) < 4.78 is 33.4. The summed E-state index contributed by atoms with van der Waals surface area (Å²) >= 11 is 0. The molecule has 3 aromatic carbocycles. The molecule has 0 N–H and O–H groups in total. The summed E-state index contributed by atoms with van der Waals surface area (Å²) in [6, 6.07) is 11.9. The van der Waals surface area contributed by atoms with Crippen molar-refractivity contribution >= 4 is 32.7 Å². The van der Waals surface area contributed by atoms with Crippen LogP contribution < -0.4 is 5.43 Å². The van der Waals surface area contributed by atoms with Crippen molar-refractivity contribution < 1.29 is 13.2 Å². The van der Waals surface area contributed by atoms with Gasteiger partial charge in [-0.2, -0.15) is 0 Å². The summed E-state index contributed by atoms with van der Waals surface area (Å²) in [6.45, 7) is 0. The number of benzene rings is 3. The Morgan fingerprint density at radius 3 is 2.43 bits per heavy atom. The molecule has 0 atom stereocenters. The Morgan fingerprint density at radius 1 is 0.810 bits per heavy atom. The minimum Gasteiger partial charge on any atom is -0.453 e. The average molecular weight is 282 g/mol. The van der Waals surface area contributed by atoms with Crippen molar-refractivity contribution in [3.63, 3.8) is 0 Å². The summed E-state index contributed by atoms with van der Waals surface area (Å²) in [5.74, 6) is -1.11. The maximum Gasteiger partial charge on any atom is 0.201 e. The molecule has 0 aliphatic heterocycles. The van der Waals surface area contributed by atoms with E-state index >= 15 is 0 Å². The molecule has 0 saturated heterocycles. The van der Waals surface area contributed by atoms with Gasteiger partial charge in [-0.1, -0.05) is 24.3 Å². The van der Waals surface area contributed by atoms with Crippen LogP contribution in [0.15, 0.2) is 57.7 Å². The number of hydrogen-bond acceptors (Lipinski definition) is 2. The van der Waals surface area contributed by atoms with Crippen LogP contribution in [0.3, 0.4) is 0 Å². The van der Waals surface area contributed by atoms with Crippen molar-refractivity contribution in [2.75, 3.05) is 0 Å². The maximum atomic E-state index is 14.1. The topological polar surface area (TPSA) is 30.2 Å². The van der Waals surface area contributed by atoms with Gasteiger partial charge in [-0.25, -0.2) is 8.78 Å². The first-order valence-corrected chi connectivity index (χ1v) is 6.39. The highest BCUT2D eigenvalue weighted by Crippen LogP contribution is 2.28. The summed E-state index contributed by atoms with van der Waals surface area (Å²) in [5.41, 5.74) is -0.359. The van der Waals surface area contributed by atoms with Crippen LogP contribution in [0.1, 0.15) is 0 Å². The number of halogens is 2. The molecule has 0 aliphatic rings. The molecular weight excluding hydrogens is 274 g/mol. The Bertz CT molecular complexity index is 1080. The third-order valence-electron chi connectivity index (χ3n) is 3.61. The molecule has 4 heteroatoms. The number of hydrogen-bond donors (Lipinski definition) is 0. The molecule has 0 saturated carbocycles. The van der Waals surface area contributed by atoms with Crippen LogP contribution in [-0.4, -0.2) is 0 Å². The fraction of sp³-hybridized carbons (Fsp3) is 0. The van der Waals surface area contributed by atoms with Gasteiger partial charge in [0.05, 0.1) is 10.8 Å². The van der Waals surface area contributed by atoms with Crippen molar-refractivity contribution in [3.05, 3.63) is 70.4 Å². The molecule has 0 unspecified atom stereocenters. The van der Waals surface area contributed by atoms with Gasteiger partial charge >= 0.3 is 0 Å². The van der Waals surface area contributed by atoms with Gasteiger partial charge < -0.3 is 4.42 Å². The quantitative estimate of drug-likeness (QED) is 0.354. The second kappa shape index (κ2) is 4.12. The molecule has 21 heavy (non-hydrogen) atoms. The summed E-state index contributed by atoms with van der Waals surface area (Å²) in [4.78, 5) is 12.6. The Hall–Kier alpha value is -2.75. The lowest BCUT2D eigenvalue weighted by atomic mass is 10.0. The fourth-order valence-corrected chi connectivity index (χ4v) is 2.66. The zero-order valence-electron chi connectivity index (χ0n) is 10.7. The molecule has 0 radical (unpaired) electrons. The molecular formula is C17H8F2O2. The highest BCUT2D eigenvalue weighted by Gasteiger charge is 2.15. The Balaban J connectivity index is 2.38. The molecule has 0 aliphatic carbocycles. The Labute approximate surface area is 117 Å². The molecule has 102 valence electrons. The normalized spacial score (nSPS) is 11.5. The van der Waals surface area contributed by atoms with E-state index in [1.807, 2.05) is 0 Å². The van der Waals surface area contributed by atoms with Crippen molar-refractivity contribution in [3.8, 4) is 0 Å². The van der Waals surface area contributed by atoms with Gasteiger partial charge in [-0.3, -0.25) is 4.79 Å². The standard InChI is InChI=1S/C17H8F2O2/c18-11-5-1-3-9-7-8-13-15(14(9)11)16(20)10-4-2-6-12(19)17(10)21-13/h1-8H. The number of rotatable bonds is 0. The molecule has 0 bridgehead atoms. The van der Waals surface area contributed by atoms with Crippen LogP contribution in [0.2, 0.25) is 0 Å². The van der Waals surface area contributed by atoms with Crippen LogP contribution in [-0.2, 0) is 0 Å². The van der Waals surface area contributed by atoms with Gasteiger partial charge in [-0.15, -0.1) is 0 Å². The van der Waals surface area contributed by atoms with E-state index in [4.69, 9.17) is 4.42 Å². The van der Waals surface area contributed by atoms with Crippen molar-refractivity contribution in [2.24, 2.45) is 0 Å². The molecule has 1 heterocycles. The highest BCUT2D eigenvalue weighted by molar-refractivity contribution is 6.08. The predicted octanol–water partition coefficient (Wildman–Crippen LogP) is 4.38. The minimum atomic E-state index is -0.611. The molecule has 2 nitrogen and oxygen atoms in total. The van der Waals surface area contributed by atoms with E-state index in [2.05, 4.69) is 0 Å². The van der Waals surface area contributed by atoms with Gasteiger partial charge in [-0.05, 0) is 29.7 Å². The van der Waals surface area contributed by atoms with E-state index < -0.39 is 17.1 Å². The lowest BCUT2D eigenvalue weighted by Crippen LogP contribution is -2.04.